The van der Waals surface area contributed by atoms with Gasteiger partial charge in [-0.3, -0.25) is 9.78 Å². The van der Waals surface area contributed by atoms with Crippen LogP contribution in [0.5, 0.6) is 0 Å². The van der Waals surface area contributed by atoms with Crippen LogP contribution in [0.1, 0.15) is 25.6 Å². The molecule has 0 aliphatic rings. The Kier molecular flexibility index (Phi) is 4.24. The van der Waals surface area contributed by atoms with E-state index in [0.717, 1.165) is 5.69 Å². The van der Waals surface area contributed by atoms with Crippen LogP contribution < -0.4 is 11.1 Å². The van der Waals surface area contributed by atoms with Gasteiger partial charge in [-0.05, 0) is 19.1 Å². The van der Waals surface area contributed by atoms with Gasteiger partial charge in [0.25, 0.3) is 0 Å². The Morgan fingerprint density at radius 1 is 1.53 bits per heavy atom. The van der Waals surface area contributed by atoms with Gasteiger partial charge in [0.05, 0.1) is 5.69 Å². The molecule has 0 spiro atoms. The third-order valence-electron chi connectivity index (χ3n) is 2.35. The zero-order chi connectivity index (χ0) is 11.3. The monoisotopic (exact) mass is 207 g/mol. The number of hydrogen-bond donors (Lipinski definition) is 2. The van der Waals surface area contributed by atoms with Crippen LogP contribution in [-0.4, -0.2) is 17.4 Å². The lowest BCUT2D eigenvalue weighted by Gasteiger charge is -2.15. The van der Waals surface area contributed by atoms with Crippen molar-refractivity contribution in [3.63, 3.8) is 0 Å². The minimum absolute atomic E-state index is 0.132. The van der Waals surface area contributed by atoms with Crippen LogP contribution in [0.3, 0.4) is 0 Å². The number of nitrogens with two attached hydrogens (primary N) is 1. The second kappa shape index (κ2) is 5.46. The lowest BCUT2D eigenvalue weighted by Crippen LogP contribution is -2.32. The van der Waals surface area contributed by atoms with Crippen molar-refractivity contribution >= 4 is 5.91 Å². The van der Waals surface area contributed by atoms with Gasteiger partial charge in [0.15, 0.2) is 0 Å². The molecule has 3 N–H and O–H groups in total. The second-order valence-corrected chi connectivity index (χ2v) is 3.69. The fraction of sp³-hybridized carbons (Fsp3) is 0.455. The van der Waals surface area contributed by atoms with E-state index in [1.807, 2.05) is 25.1 Å². The molecule has 0 bridgehead atoms. The molecule has 82 valence electrons. The Morgan fingerprint density at radius 3 is 2.80 bits per heavy atom. The normalized spacial score (nSPS) is 14.5. The Morgan fingerprint density at radius 2 is 2.27 bits per heavy atom. The first-order valence-corrected chi connectivity index (χ1v) is 5.05. The summed E-state index contributed by atoms with van der Waals surface area (Å²) in [5, 5.41) is 3.22. The molecule has 0 aliphatic heterocycles. The molecular formula is C11H17N3O. The first-order valence-electron chi connectivity index (χ1n) is 5.05. The van der Waals surface area contributed by atoms with Crippen molar-refractivity contribution in [2.75, 3.05) is 6.54 Å². The average molecular weight is 207 g/mol. The van der Waals surface area contributed by atoms with Crippen LogP contribution in [0.25, 0.3) is 0 Å². The van der Waals surface area contributed by atoms with Crippen molar-refractivity contribution in [3.8, 4) is 0 Å². The number of hydrogen-bond acceptors (Lipinski definition) is 3. The summed E-state index contributed by atoms with van der Waals surface area (Å²) in [5.74, 6) is -0.438. The fourth-order valence-electron chi connectivity index (χ4n) is 1.19. The van der Waals surface area contributed by atoms with Crippen molar-refractivity contribution < 1.29 is 4.79 Å². The van der Waals surface area contributed by atoms with Gasteiger partial charge in [0.2, 0.25) is 5.91 Å². The molecule has 0 saturated heterocycles. The molecule has 1 amide bonds. The van der Waals surface area contributed by atoms with Crippen LogP contribution in [0.4, 0.5) is 0 Å². The van der Waals surface area contributed by atoms with Crippen LogP contribution in [0.2, 0.25) is 0 Å². The van der Waals surface area contributed by atoms with Crippen molar-refractivity contribution in [1.82, 2.24) is 10.3 Å². The highest BCUT2D eigenvalue weighted by Gasteiger charge is 2.11. The number of rotatable bonds is 5. The third-order valence-corrected chi connectivity index (χ3v) is 2.35. The molecule has 1 rings (SSSR count). The molecule has 1 aromatic rings. The van der Waals surface area contributed by atoms with Gasteiger partial charge in [0.1, 0.15) is 0 Å². The average Bonchev–Trinajstić information content (AvgIpc) is 2.26. The lowest BCUT2D eigenvalue weighted by atomic mass is 10.1. The van der Waals surface area contributed by atoms with E-state index in [2.05, 4.69) is 10.3 Å². The molecule has 2 atom stereocenters. The Balaban J connectivity index is 2.43. The highest BCUT2D eigenvalue weighted by Crippen LogP contribution is 2.08. The Labute approximate surface area is 89.9 Å². The SMILES string of the molecule is CC(CN[C@H](C)c1ccccn1)C(N)=O. The number of pyridine rings is 1. The number of aromatic nitrogens is 1. The van der Waals surface area contributed by atoms with Gasteiger partial charge >= 0.3 is 0 Å². The number of nitrogens with zero attached hydrogens (tertiary/aromatic N) is 1. The first-order chi connectivity index (χ1) is 7.11. The maximum Gasteiger partial charge on any atom is 0.221 e. The summed E-state index contributed by atoms with van der Waals surface area (Å²) in [6.07, 6.45) is 1.75. The predicted octanol–water partition coefficient (Wildman–Crippen LogP) is 0.854. The van der Waals surface area contributed by atoms with Crippen LogP contribution in [0.15, 0.2) is 24.4 Å². The highest BCUT2D eigenvalue weighted by atomic mass is 16.1. The smallest absolute Gasteiger partial charge is 0.221 e. The van der Waals surface area contributed by atoms with Gasteiger partial charge in [-0.1, -0.05) is 13.0 Å². The van der Waals surface area contributed by atoms with Gasteiger partial charge in [-0.15, -0.1) is 0 Å². The summed E-state index contributed by atoms with van der Waals surface area (Å²) in [4.78, 5) is 15.0. The molecule has 0 radical (unpaired) electrons. The summed E-state index contributed by atoms with van der Waals surface area (Å²) in [6, 6.07) is 5.90. The molecular weight excluding hydrogens is 190 g/mol. The second-order valence-electron chi connectivity index (χ2n) is 3.69. The molecule has 0 aromatic carbocycles. The van der Waals surface area contributed by atoms with E-state index in [9.17, 15) is 4.79 Å². The quantitative estimate of drug-likeness (QED) is 0.752. The van der Waals surface area contributed by atoms with Crippen molar-refractivity contribution in [2.45, 2.75) is 19.9 Å². The molecule has 0 saturated carbocycles. The maximum atomic E-state index is 10.8. The largest absolute Gasteiger partial charge is 0.369 e. The number of primary amides is 1. The number of nitrogens with one attached hydrogen (secondary N) is 1. The summed E-state index contributed by atoms with van der Waals surface area (Å²) >= 11 is 0. The number of amides is 1. The topological polar surface area (TPSA) is 68.0 Å². The summed E-state index contributed by atoms with van der Waals surface area (Å²) in [5.41, 5.74) is 6.13. The Hall–Kier alpha value is -1.42. The third kappa shape index (κ3) is 3.67. The molecule has 15 heavy (non-hydrogen) atoms. The van der Waals surface area contributed by atoms with Crippen LogP contribution in [0, 0.1) is 5.92 Å². The van der Waals surface area contributed by atoms with E-state index in [4.69, 9.17) is 5.73 Å². The predicted molar refractivity (Wildman–Crippen MR) is 59.0 cm³/mol. The minimum atomic E-state index is -0.282. The molecule has 4 heteroatoms. The van der Waals surface area contributed by atoms with Gasteiger partial charge in [-0.25, -0.2) is 0 Å². The van der Waals surface area contributed by atoms with E-state index >= 15 is 0 Å². The summed E-state index contributed by atoms with van der Waals surface area (Å²) in [6.45, 7) is 4.39. The molecule has 4 nitrogen and oxygen atoms in total. The first kappa shape index (κ1) is 11.7. The standard InChI is InChI=1S/C11H17N3O/c1-8(11(12)15)7-14-9(2)10-5-3-4-6-13-10/h3-6,8-9,14H,7H2,1-2H3,(H2,12,15)/t8?,9-/m1/s1. The fourth-order valence-corrected chi connectivity index (χ4v) is 1.19. The van der Waals surface area contributed by atoms with Crippen LogP contribution in [-0.2, 0) is 4.79 Å². The molecule has 1 heterocycles. The van der Waals surface area contributed by atoms with E-state index in [1.54, 1.807) is 13.1 Å². The van der Waals surface area contributed by atoms with Crippen LogP contribution >= 0.6 is 0 Å². The van der Waals surface area contributed by atoms with Crippen molar-refractivity contribution in [2.24, 2.45) is 11.7 Å². The number of carbonyl (C=O) groups excluding carboxylic acids is 1. The van der Waals surface area contributed by atoms with Crippen molar-refractivity contribution in [1.29, 1.82) is 0 Å². The Bertz CT molecular complexity index is 313. The summed E-state index contributed by atoms with van der Waals surface area (Å²) in [7, 11) is 0. The van der Waals surface area contributed by atoms with E-state index < -0.39 is 0 Å². The zero-order valence-electron chi connectivity index (χ0n) is 9.10. The van der Waals surface area contributed by atoms with E-state index in [0.29, 0.717) is 6.54 Å². The molecule has 0 aliphatic carbocycles. The molecule has 0 fully saturated rings. The van der Waals surface area contributed by atoms with E-state index in [-0.39, 0.29) is 17.9 Å². The van der Waals surface area contributed by atoms with Gasteiger partial charge in [0, 0.05) is 24.7 Å². The maximum absolute atomic E-state index is 10.8. The minimum Gasteiger partial charge on any atom is -0.369 e. The molecule has 1 unspecified atom stereocenters. The van der Waals surface area contributed by atoms with Crippen molar-refractivity contribution in [3.05, 3.63) is 30.1 Å². The van der Waals surface area contributed by atoms with Gasteiger partial charge in [-0.2, -0.15) is 0 Å². The van der Waals surface area contributed by atoms with E-state index in [1.165, 1.54) is 0 Å². The lowest BCUT2D eigenvalue weighted by molar-refractivity contribution is -0.121. The number of carbonyl (C=O) groups is 1. The molecule has 1 aromatic heterocycles. The van der Waals surface area contributed by atoms with Gasteiger partial charge < -0.3 is 11.1 Å². The summed E-state index contributed by atoms with van der Waals surface area (Å²) < 4.78 is 0. The zero-order valence-corrected chi connectivity index (χ0v) is 9.10. The highest BCUT2D eigenvalue weighted by molar-refractivity contribution is 5.76.